The van der Waals surface area contributed by atoms with Crippen molar-refractivity contribution in [2.45, 2.75) is 6.92 Å². The molecule has 0 atom stereocenters. The summed E-state index contributed by atoms with van der Waals surface area (Å²) in [5.41, 5.74) is 1.30. The molecule has 0 aliphatic carbocycles. The molecule has 0 saturated heterocycles. The summed E-state index contributed by atoms with van der Waals surface area (Å²) in [4.78, 5) is 3.28. The number of hydrogen-bond acceptors (Lipinski definition) is 0. The van der Waals surface area contributed by atoms with E-state index in [4.69, 9.17) is 29.8 Å². The van der Waals surface area contributed by atoms with Crippen molar-refractivity contribution in [1.82, 2.24) is 0 Å². The molecule has 0 aliphatic rings. The lowest BCUT2D eigenvalue weighted by Crippen LogP contribution is -1.75. The molecular formula is C8H5Cl2N. The molecule has 0 aliphatic heterocycles. The van der Waals surface area contributed by atoms with Crippen molar-refractivity contribution in [1.29, 1.82) is 0 Å². The highest BCUT2D eigenvalue weighted by atomic mass is 35.5. The first-order chi connectivity index (χ1) is 5.16. The molecule has 0 bridgehead atoms. The summed E-state index contributed by atoms with van der Waals surface area (Å²) in [6.45, 7) is 8.55. The van der Waals surface area contributed by atoms with Crippen molar-refractivity contribution < 1.29 is 0 Å². The van der Waals surface area contributed by atoms with E-state index >= 15 is 0 Å². The van der Waals surface area contributed by atoms with Crippen molar-refractivity contribution in [3.05, 3.63) is 39.2 Å². The standard InChI is InChI=1S/C8H5Cl2N/c1-5-7(11-2)4-3-6(9)8(5)10/h3-4H,1H3. The Balaban J connectivity index is 3.40. The molecule has 0 heterocycles. The van der Waals surface area contributed by atoms with Gasteiger partial charge in [0, 0.05) is 0 Å². The van der Waals surface area contributed by atoms with E-state index in [1.165, 1.54) is 0 Å². The second-order valence-corrected chi connectivity index (χ2v) is 2.90. The monoisotopic (exact) mass is 185 g/mol. The van der Waals surface area contributed by atoms with Gasteiger partial charge in [0.2, 0.25) is 0 Å². The van der Waals surface area contributed by atoms with Gasteiger partial charge < -0.3 is 0 Å². The smallest absolute Gasteiger partial charge is 0.191 e. The van der Waals surface area contributed by atoms with Gasteiger partial charge >= 0.3 is 0 Å². The van der Waals surface area contributed by atoms with E-state index in [1.54, 1.807) is 19.1 Å². The SMILES string of the molecule is [C-]#[N+]c1ccc(Cl)c(Cl)c1C. The third-order valence-corrected chi connectivity index (χ3v) is 2.33. The van der Waals surface area contributed by atoms with Gasteiger partial charge in [0.15, 0.2) is 5.69 Å². The van der Waals surface area contributed by atoms with Crippen LogP contribution in [-0.4, -0.2) is 0 Å². The summed E-state index contributed by atoms with van der Waals surface area (Å²) in [5.74, 6) is 0. The highest BCUT2D eigenvalue weighted by molar-refractivity contribution is 6.42. The summed E-state index contributed by atoms with van der Waals surface area (Å²) in [6, 6.07) is 3.29. The van der Waals surface area contributed by atoms with Gasteiger partial charge in [-0.15, -0.1) is 0 Å². The fourth-order valence-electron chi connectivity index (χ4n) is 0.763. The van der Waals surface area contributed by atoms with Crippen LogP contribution in [0.15, 0.2) is 12.1 Å². The van der Waals surface area contributed by atoms with Crippen LogP contribution < -0.4 is 0 Å². The van der Waals surface area contributed by atoms with Crippen molar-refractivity contribution >= 4 is 28.9 Å². The third-order valence-electron chi connectivity index (χ3n) is 1.43. The summed E-state index contributed by atoms with van der Waals surface area (Å²) in [7, 11) is 0. The van der Waals surface area contributed by atoms with Gasteiger partial charge in [-0.05, 0) is 12.5 Å². The number of halogens is 2. The molecule has 1 aromatic rings. The Morgan fingerprint density at radius 1 is 1.36 bits per heavy atom. The lowest BCUT2D eigenvalue weighted by molar-refractivity contribution is 1.49. The molecular weight excluding hydrogens is 181 g/mol. The van der Waals surface area contributed by atoms with Crippen molar-refractivity contribution in [3.63, 3.8) is 0 Å². The summed E-state index contributed by atoms with van der Waals surface area (Å²) >= 11 is 11.5. The normalized spacial score (nSPS) is 9.27. The fourth-order valence-corrected chi connectivity index (χ4v) is 1.13. The van der Waals surface area contributed by atoms with Crippen LogP contribution in [0.5, 0.6) is 0 Å². The zero-order valence-corrected chi connectivity index (χ0v) is 7.37. The highest BCUT2D eigenvalue weighted by Crippen LogP contribution is 2.31. The highest BCUT2D eigenvalue weighted by Gasteiger charge is 2.04. The van der Waals surface area contributed by atoms with E-state index in [0.29, 0.717) is 15.7 Å². The van der Waals surface area contributed by atoms with E-state index in [0.717, 1.165) is 5.56 Å². The number of rotatable bonds is 0. The zero-order chi connectivity index (χ0) is 8.43. The Morgan fingerprint density at radius 2 is 2.00 bits per heavy atom. The molecule has 1 nitrogen and oxygen atoms in total. The lowest BCUT2D eigenvalue weighted by Gasteiger charge is -2.00. The Hall–Kier alpha value is -0.710. The van der Waals surface area contributed by atoms with Crippen LogP contribution in [0.1, 0.15) is 5.56 Å². The molecule has 1 aromatic carbocycles. The maximum absolute atomic E-state index is 6.77. The Kier molecular flexibility index (Phi) is 2.38. The number of hydrogen-bond donors (Lipinski definition) is 0. The summed E-state index contributed by atoms with van der Waals surface area (Å²) < 4.78 is 0. The van der Waals surface area contributed by atoms with Crippen LogP contribution in [0.2, 0.25) is 10.0 Å². The molecule has 11 heavy (non-hydrogen) atoms. The molecule has 0 saturated carbocycles. The molecule has 3 heteroatoms. The topological polar surface area (TPSA) is 4.36 Å². The quantitative estimate of drug-likeness (QED) is 0.542. The van der Waals surface area contributed by atoms with Gasteiger partial charge in [-0.1, -0.05) is 35.3 Å². The molecule has 0 amide bonds. The molecule has 1 rings (SSSR count). The predicted octanol–water partition coefficient (Wildman–Crippen LogP) is 3.85. The second kappa shape index (κ2) is 3.13. The van der Waals surface area contributed by atoms with E-state index in [1.807, 2.05) is 0 Å². The largest absolute Gasteiger partial charge is 0.238 e. The maximum Gasteiger partial charge on any atom is 0.191 e. The van der Waals surface area contributed by atoms with E-state index in [-0.39, 0.29) is 0 Å². The van der Waals surface area contributed by atoms with E-state index in [2.05, 4.69) is 4.85 Å². The van der Waals surface area contributed by atoms with E-state index in [9.17, 15) is 0 Å². The zero-order valence-electron chi connectivity index (χ0n) is 5.86. The predicted molar refractivity (Wildman–Crippen MR) is 47.5 cm³/mol. The number of benzene rings is 1. The average Bonchev–Trinajstić information content (AvgIpc) is 2.01. The first kappa shape index (κ1) is 8.39. The molecule has 56 valence electrons. The first-order valence-electron chi connectivity index (χ1n) is 2.99. The van der Waals surface area contributed by atoms with Crippen molar-refractivity contribution in [2.24, 2.45) is 0 Å². The first-order valence-corrected chi connectivity index (χ1v) is 3.74. The minimum absolute atomic E-state index is 0.472. The Morgan fingerprint density at radius 3 is 2.55 bits per heavy atom. The van der Waals surface area contributed by atoms with E-state index < -0.39 is 0 Å². The van der Waals surface area contributed by atoms with Gasteiger partial charge in [0.1, 0.15) is 0 Å². The summed E-state index contributed by atoms with van der Waals surface area (Å²) in [5, 5.41) is 0.969. The van der Waals surface area contributed by atoms with Gasteiger partial charge in [-0.3, -0.25) is 0 Å². The second-order valence-electron chi connectivity index (χ2n) is 2.12. The molecule has 0 spiro atoms. The van der Waals surface area contributed by atoms with Crippen molar-refractivity contribution in [3.8, 4) is 0 Å². The fraction of sp³-hybridized carbons (Fsp3) is 0.125. The summed E-state index contributed by atoms with van der Waals surface area (Å²) in [6.07, 6.45) is 0. The third kappa shape index (κ3) is 1.48. The molecule has 0 radical (unpaired) electrons. The van der Waals surface area contributed by atoms with Crippen molar-refractivity contribution in [2.75, 3.05) is 0 Å². The molecule has 0 N–H and O–H groups in total. The molecule has 0 aromatic heterocycles. The van der Waals surface area contributed by atoms with Gasteiger partial charge in [0.05, 0.1) is 16.6 Å². The molecule has 0 fully saturated rings. The minimum atomic E-state index is 0.472. The van der Waals surface area contributed by atoms with Crippen LogP contribution in [-0.2, 0) is 0 Å². The van der Waals surface area contributed by atoms with Gasteiger partial charge in [0.25, 0.3) is 0 Å². The van der Waals surface area contributed by atoms with Crippen LogP contribution in [0.4, 0.5) is 5.69 Å². The van der Waals surface area contributed by atoms with Gasteiger partial charge in [-0.2, -0.15) is 0 Å². The lowest BCUT2D eigenvalue weighted by atomic mass is 10.2. The van der Waals surface area contributed by atoms with Crippen LogP contribution in [0.25, 0.3) is 4.85 Å². The number of nitrogens with zero attached hydrogens (tertiary/aromatic N) is 1. The van der Waals surface area contributed by atoms with Gasteiger partial charge in [-0.25, -0.2) is 4.85 Å². The average molecular weight is 186 g/mol. The Labute approximate surface area is 75.4 Å². The Bertz CT molecular complexity index is 326. The van der Waals surface area contributed by atoms with Crippen LogP contribution in [0, 0.1) is 13.5 Å². The van der Waals surface area contributed by atoms with Crippen LogP contribution >= 0.6 is 23.2 Å². The molecule has 0 unspecified atom stereocenters. The minimum Gasteiger partial charge on any atom is -0.238 e. The maximum atomic E-state index is 6.77. The van der Waals surface area contributed by atoms with Crippen LogP contribution in [0.3, 0.4) is 0 Å².